The van der Waals surface area contributed by atoms with Crippen LogP contribution < -0.4 is 14.8 Å². The summed E-state index contributed by atoms with van der Waals surface area (Å²) in [4.78, 5) is 18.1. The monoisotopic (exact) mass is 402 g/mol. The molecule has 4 nitrogen and oxygen atoms in total. The Labute approximate surface area is 169 Å². The van der Waals surface area contributed by atoms with Crippen molar-refractivity contribution in [1.29, 1.82) is 0 Å². The lowest BCUT2D eigenvalue weighted by atomic mass is 10.2. The number of hydrogen-bond donors (Lipinski definition) is 0. The first kappa shape index (κ1) is 17.6. The summed E-state index contributed by atoms with van der Waals surface area (Å²) in [6.45, 7) is 0.111. The van der Waals surface area contributed by atoms with Crippen LogP contribution in [0.5, 0.6) is 5.75 Å². The van der Waals surface area contributed by atoms with Crippen molar-refractivity contribution in [3.05, 3.63) is 105 Å². The molecule has 6 heteroatoms. The molecule has 5 rings (SSSR count). The summed E-state index contributed by atoms with van der Waals surface area (Å²) in [5.41, 5.74) is 2.73. The van der Waals surface area contributed by atoms with Crippen LogP contribution in [-0.4, -0.2) is 9.38 Å². The summed E-state index contributed by atoms with van der Waals surface area (Å²) in [6, 6.07) is 21.5. The maximum Gasteiger partial charge on any atom is 0.274 e. The zero-order valence-corrected chi connectivity index (χ0v) is 16.0. The molecule has 0 fully saturated rings. The third-order valence-electron chi connectivity index (χ3n) is 4.69. The number of nitrogens with zero attached hydrogens (tertiary/aromatic N) is 2. The van der Waals surface area contributed by atoms with E-state index in [1.165, 1.54) is 17.4 Å². The van der Waals surface area contributed by atoms with E-state index in [-0.39, 0.29) is 18.0 Å². The van der Waals surface area contributed by atoms with Gasteiger partial charge in [0.1, 0.15) is 18.2 Å². The molecule has 0 saturated carbocycles. The number of halogens is 1. The normalized spacial score (nSPS) is 12.1. The summed E-state index contributed by atoms with van der Waals surface area (Å²) in [7, 11) is 0. The average Bonchev–Trinajstić information content (AvgIpc) is 3.25. The number of aromatic nitrogens is 2. The van der Waals surface area contributed by atoms with Gasteiger partial charge in [-0.05, 0) is 30.3 Å². The van der Waals surface area contributed by atoms with E-state index in [1.54, 1.807) is 28.7 Å². The van der Waals surface area contributed by atoms with Gasteiger partial charge in [-0.2, -0.15) is 0 Å². The molecular weight excluding hydrogens is 387 g/mol. The smallest absolute Gasteiger partial charge is 0.274 e. The fraction of sp³-hybridized carbons (Fsp3) is 0.0435. The van der Waals surface area contributed by atoms with E-state index in [4.69, 9.17) is 4.74 Å². The van der Waals surface area contributed by atoms with Crippen LogP contribution in [0.25, 0.3) is 22.1 Å². The Bertz CT molecular complexity index is 1460. The fourth-order valence-electron chi connectivity index (χ4n) is 3.26. The highest BCUT2D eigenvalue weighted by molar-refractivity contribution is 7.15. The molecule has 0 atom stereocenters. The molecule has 0 radical (unpaired) electrons. The Balaban J connectivity index is 1.55. The Hall–Kier alpha value is -3.51. The van der Waals surface area contributed by atoms with Gasteiger partial charge in [-0.25, -0.2) is 13.8 Å². The molecule has 0 aliphatic rings. The zero-order chi connectivity index (χ0) is 19.8. The van der Waals surface area contributed by atoms with Gasteiger partial charge in [-0.3, -0.25) is 4.79 Å². The molecule has 0 bridgehead atoms. The highest BCUT2D eigenvalue weighted by Crippen LogP contribution is 2.21. The molecule has 5 aromatic rings. The lowest BCUT2D eigenvalue weighted by molar-refractivity contribution is 0.299. The summed E-state index contributed by atoms with van der Waals surface area (Å²) >= 11 is 1.34. The van der Waals surface area contributed by atoms with Crippen LogP contribution >= 0.6 is 11.3 Å². The summed E-state index contributed by atoms with van der Waals surface area (Å²) in [5, 5.41) is 0. The number of para-hydroxylation sites is 3. The Morgan fingerprint density at radius 1 is 1.00 bits per heavy atom. The molecule has 2 heterocycles. The number of ether oxygens (including phenoxy) is 1. The number of benzene rings is 3. The predicted octanol–water partition coefficient (Wildman–Crippen LogP) is 4.18. The lowest BCUT2D eigenvalue weighted by Gasteiger charge is -2.09. The van der Waals surface area contributed by atoms with Gasteiger partial charge in [-0.1, -0.05) is 59.9 Å². The van der Waals surface area contributed by atoms with Crippen molar-refractivity contribution in [3.8, 4) is 5.75 Å². The maximum atomic E-state index is 13.9. The van der Waals surface area contributed by atoms with E-state index in [0.29, 0.717) is 20.8 Å². The minimum Gasteiger partial charge on any atom is -0.488 e. The number of thiazole rings is 1. The van der Waals surface area contributed by atoms with Crippen LogP contribution in [0.4, 0.5) is 4.39 Å². The van der Waals surface area contributed by atoms with E-state index in [0.717, 1.165) is 16.6 Å². The van der Waals surface area contributed by atoms with Crippen molar-refractivity contribution in [2.24, 2.45) is 0 Å². The minimum atomic E-state index is -0.304. The second kappa shape index (κ2) is 7.14. The first-order valence-corrected chi connectivity index (χ1v) is 9.89. The Kier molecular flexibility index (Phi) is 4.33. The third-order valence-corrected chi connectivity index (χ3v) is 5.66. The molecule has 142 valence electrons. The first-order chi connectivity index (χ1) is 14.2. The van der Waals surface area contributed by atoms with Crippen molar-refractivity contribution in [2.75, 3.05) is 0 Å². The van der Waals surface area contributed by atoms with Crippen LogP contribution in [-0.2, 0) is 6.61 Å². The summed E-state index contributed by atoms with van der Waals surface area (Å²) < 4.78 is 21.9. The number of fused-ring (bicyclic) bond motifs is 3. The van der Waals surface area contributed by atoms with Crippen molar-refractivity contribution in [3.63, 3.8) is 0 Å². The molecule has 0 amide bonds. The van der Waals surface area contributed by atoms with Crippen LogP contribution in [0, 0.1) is 5.82 Å². The van der Waals surface area contributed by atoms with Crippen molar-refractivity contribution in [2.45, 2.75) is 6.61 Å². The maximum absolute atomic E-state index is 13.9. The molecular formula is C23H15FN2O2S. The van der Waals surface area contributed by atoms with Crippen LogP contribution in [0.15, 0.2) is 77.6 Å². The van der Waals surface area contributed by atoms with Crippen molar-refractivity contribution in [1.82, 2.24) is 9.38 Å². The van der Waals surface area contributed by atoms with Crippen LogP contribution in [0.1, 0.15) is 11.1 Å². The van der Waals surface area contributed by atoms with Gasteiger partial charge in [0.15, 0.2) is 4.96 Å². The summed E-state index contributed by atoms with van der Waals surface area (Å²) in [6.07, 6.45) is 1.80. The number of rotatable bonds is 4. The highest BCUT2D eigenvalue weighted by atomic mass is 32.1. The van der Waals surface area contributed by atoms with Crippen molar-refractivity contribution < 1.29 is 9.13 Å². The van der Waals surface area contributed by atoms with Gasteiger partial charge in [0.2, 0.25) is 0 Å². The van der Waals surface area contributed by atoms with E-state index < -0.39 is 0 Å². The highest BCUT2D eigenvalue weighted by Gasteiger charge is 2.11. The first-order valence-electron chi connectivity index (χ1n) is 9.08. The average molecular weight is 402 g/mol. The quantitative estimate of drug-likeness (QED) is 0.453. The minimum absolute atomic E-state index is 0.109. The molecule has 0 N–H and O–H groups in total. The van der Waals surface area contributed by atoms with Crippen LogP contribution in [0.3, 0.4) is 0 Å². The van der Waals surface area contributed by atoms with E-state index in [2.05, 4.69) is 4.98 Å². The van der Waals surface area contributed by atoms with E-state index in [9.17, 15) is 9.18 Å². The van der Waals surface area contributed by atoms with Gasteiger partial charge in [-0.15, -0.1) is 0 Å². The second-order valence-corrected chi connectivity index (χ2v) is 7.56. The Morgan fingerprint density at radius 2 is 1.76 bits per heavy atom. The van der Waals surface area contributed by atoms with Gasteiger partial charge in [0.05, 0.1) is 15.6 Å². The molecule has 0 unspecified atom stereocenters. The third kappa shape index (κ3) is 3.17. The van der Waals surface area contributed by atoms with Gasteiger partial charge >= 0.3 is 0 Å². The summed E-state index contributed by atoms with van der Waals surface area (Å²) in [5.74, 6) is 0.285. The standard InChI is InChI=1S/C23H15FN2O2S/c24-17-9-3-1-8-16(17)14-28-20-12-6-2-7-15(20)13-21-22(27)26-19-11-5-4-10-18(19)25-23(26)29-21/h1-13H,14H2/b21-13+. The van der Waals surface area contributed by atoms with E-state index >= 15 is 0 Å². The molecule has 2 aromatic heterocycles. The van der Waals surface area contributed by atoms with Gasteiger partial charge in [0, 0.05) is 11.1 Å². The van der Waals surface area contributed by atoms with Crippen molar-refractivity contribution >= 4 is 33.4 Å². The SMILES string of the molecule is O=c1/c(=C\c2ccccc2OCc2ccccc2F)sc2nc3ccccc3n12. The fourth-order valence-corrected chi connectivity index (χ4v) is 4.23. The van der Waals surface area contributed by atoms with Crippen LogP contribution in [0.2, 0.25) is 0 Å². The molecule has 0 aliphatic heterocycles. The van der Waals surface area contributed by atoms with Gasteiger partial charge in [0.25, 0.3) is 5.56 Å². The topological polar surface area (TPSA) is 43.6 Å². The molecule has 0 saturated heterocycles. The zero-order valence-electron chi connectivity index (χ0n) is 15.2. The number of imidazole rings is 1. The van der Waals surface area contributed by atoms with E-state index in [1.807, 2.05) is 48.5 Å². The Morgan fingerprint density at radius 3 is 2.66 bits per heavy atom. The second-order valence-electron chi connectivity index (χ2n) is 6.55. The molecule has 0 aliphatic carbocycles. The number of hydrogen-bond acceptors (Lipinski definition) is 4. The molecule has 3 aromatic carbocycles. The molecule has 29 heavy (non-hydrogen) atoms. The van der Waals surface area contributed by atoms with Gasteiger partial charge < -0.3 is 4.74 Å². The lowest BCUT2D eigenvalue weighted by Crippen LogP contribution is -2.22. The largest absolute Gasteiger partial charge is 0.488 e. The predicted molar refractivity (Wildman–Crippen MR) is 113 cm³/mol. The molecule has 0 spiro atoms.